The van der Waals surface area contributed by atoms with Crippen LogP contribution in [0.15, 0.2) is 42.5 Å². The third-order valence-corrected chi connectivity index (χ3v) is 5.59. The molecule has 1 heterocycles. The molecule has 4 rings (SSSR count). The van der Waals surface area contributed by atoms with Crippen LogP contribution in [-0.4, -0.2) is 28.4 Å². The van der Waals surface area contributed by atoms with Crippen molar-refractivity contribution >= 4 is 17.5 Å². The molecule has 1 aliphatic carbocycles. The van der Waals surface area contributed by atoms with Gasteiger partial charge in [-0.3, -0.25) is 14.4 Å². The minimum Gasteiger partial charge on any atom is -0.489 e. The van der Waals surface area contributed by atoms with Crippen molar-refractivity contribution in [3.63, 3.8) is 0 Å². The summed E-state index contributed by atoms with van der Waals surface area (Å²) in [4.78, 5) is 38.2. The summed E-state index contributed by atoms with van der Waals surface area (Å²) >= 11 is 0. The number of nitrogens with zero attached hydrogens (tertiary/aromatic N) is 1. The molecule has 1 atom stereocenters. The van der Waals surface area contributed by atoms with Gasteiger partial charge in [0.15, 0.2) is 5.78 Å². The molecule has 0 bridgehead atoms. The van der Waals surface area contributed by atoms with E-state index in [9.17, 15) is 14.4 Å². The summed E-state index contributed by atoms with van der Waals surface area (Å²) in [7, 11) is 0. The molecular weight excluding hydrogens is 354 g/mol. The minimum atomic E-state index is -0.507. The van der Waals surface area contributed by atoms with Crippen molar-refractivity contribution in [1.82, 2.24) is 4.90 Å². The number of hydrogen-bond acceptors (Lipinski definition) is 4. The molecule has 1 unspecified atom stereocenters. The first-order valence-electron chi connectivity index (χ1n) is 9.74. The van der Waals surface area contributed by atoms with Gasteiger partial charge in [-0.25, -0.2) is 0 Å². The van der Waals surface area contributed by atoms with Gasteiger partial charge >= 0.3 is 0 Å². The fourth-order valence-electron chi connectivity index (χ4n) is 3.93. The van der Waals surface area contributed by atoms with Gasteiger partial charge in [-0.15, -0.1) is 0 Å². The molecule has 2 aliphatic rings. The van der Waals surface area contributed by atoms with Gasteiger partial charge < -0.3 is 9.64 Å². The van der Waals surface area contributed by atoms with E-state index in [1.165, 1.54) is 5.56 Å². The summed E-state index contributed by atoms with van der Waals surface area (Å²) in [6.45, 7) is 2.89. The average Bonchev–Trinajstić information content (AvgIpc) is 3.04. The van der Waals surface area contributed by atoms with Crippen LogP contribution < -0.4 is 4.74 Å². The Morgan fingerprint density at radius 2 is 1.79 bits per heavy atom. The minimum absolute atomic E-state index is 0.0384. The van der Waals surface area contributed by atoms with Gasteiger partial charge in [-0.2, -0.15) is 0 Å². The number of carbonyl (C=O) groups excluding carboxylic acids is 3. The van der Waals surface area contributed by atoms with Gasteiger partial charge in [0.1, 0.15) is 18.1 Å². The second kappa shape index (κ2) is 7.58. The number of hydrogen-bond donors (Lipinski definition) is 0. The van der Waals surface area contributed by atoms with E-state index in [4.69, 9.17) is 4.74 Å². The predicted octanol–water partition coefficient (Wildman–Crippen LogP) is 3.47. The number of benzene rings is 2. The number of ether oxygens (including phenoxy) is 1. The van der Waals surface area contributed by atoms with Gasteiger partial charge in [0.2, 0.25) is 0 Å². The molecule has 0 spiro atoms. The average molecular weight is 377 g/mol. The summed E-state index contributed by atoms with van der Waals surface area (Å²) in [5.74, 6) is 0.326. The van der Waals surface area contributed by atoms with Crippen LogP contribution in [0.2, 0.25) is 0 Å². The SMILES string of the molecule is CCc1ccc(COc2cccc3c2CN(C2CCC(=O)CC2=O)C3=O)cc1. The lowest BCUT2D eigenvalue weighted by atomic mass is 9.92. The first-order chi connectivity index (χ1) is 13.6. The quantitative estimate of drug-likeness (QED) is 0.749. The van der Waals surface area contributed by atoms with Crippen LogP contribution in [0.4, 0.5) is 0 Å². The number of fused-ring (bicyclic) bond motifs is 1. The molecular formula is C23H23NO4. The zero-order chi connectivity index (χ0) is 19.7. The Morgan fingerprint density at radius 1 is 1.04 bits per heavy atom. The van der Waals surface area contributed by atoms with Crippen molar-refractivity contribution in [3.05, 3.63) is 64.7 Å². The Hall–Kier alpha value is -2.95. The van der Waals surface area contributed by atoms with Gasteiger partial charge in [-0.05, 0) is 36.1 Å². The Kier molecular flexibility index (Phi) is 4.99. The third kappa shape index (κ3) is 3.44. The first-order valence-corrected chi connectivity index (χ1v) is 9.74. The fourth-order valence-corrected chi connectivity index (χ4v) is 3.93. The number of amides is 1. The largest absolute Gasteiger partial charge is 0.489 e. The highest BCUT2D eigenvalue weighted by molar-refractivity contribution is 6.07. The monoisotopic (exact) mass is 377 g/mol. The molecule has 28 heavy (non-hydrogen) atoms. The maximum atomic E-state index is 12.9. The molecule has 0 radical (unpaired) electrons. The highest BCUT2D eigenvalue weighted by atomic mass is 16.5. The molecule has 5 heteroatoms. The van der Waals surface area contributed by atoms with Crippen LogP contribution in [0.3, 0.4) is 0 Å². The van der Waals surface area contributed by atoms with E-state index in [1.54, 1.807) is 11.0 Å². The summed E-state index contributed by atoms with van der Waals surface area (Å²) in [6.07, 6.45) is 1.70. The zero-order valence-electron chi connectivity index (χ0n) is 15.9. The number of Topliss-reactive ketones (excluding diaryl/α,β-unsaturated/α-hetero) is 2. The number of rotatable bonds is 5. The summed E-state index contributed by atoms with van der Waals surface area (Å²) in [5.41, 5.74) is 3.75. The Bertz CT molecular complexity index is 932. The maximum absolute atomic E-state index is 12.9. The second-order valence-corrected chi connectivity index (χ2v) is 7.41. The number of carbonyl (C=O) groups is 3. The number of ketones is 2. The fraction of sp³-hybridized carbons (Fsp3) is 0.348. The van der Waals surface area contributed by atoms with Crippen LogP contribution >= 0.6 is 0 Å². The van der Waals surface area contributed by atoms with Crippen LogP contribution in [-0.2, 0) is 29.2 Å². The van der Waals surface area contributed by atoms with Crippen molar-refractivity contribution in [3.8, 4) is 5.75 Å². The molecule has 1 amide bonds. The van der Waals surface area contributed by atoms with Gasteiger partial charge in [0.05, 0.1) is 19.0 Å². The molecule has 2 aromatic rings. The lowest BCUT2D eigenvalue weighted by Crippen LogP contribution is -2.44. The van der Waals surface area contributed by atoms with Crippen molar-refractivity contribution < 1.29 is 19.1 Å². The van der Waals surface area contributed by atoms with Crippen molar-refractivity contribution in [1.29, 1.82) is 0 Å². The van der Waals surface area contributed by atoms with E-state index in [1.807, 2.05) is 12.1 Å². The topological polar surface area (TPSA) is 63.7 Å². The maximum Gasteiger partial charge on any atom is 0.255 e. The van der Waals surface area contributed by atoms with E-state index in [-0.39, 0.29) is 23.9 Å². The van der Waals surface area contributed by atoms with E-state index in [0.29, 0.717) is 37.3 Å². The van der Waals surface area contributed by atoms with E-state index >= 15 is 0 Å². The molecule has 1 saturated carbocycles. The van der Waals surface area contributed by atoms with Gasteiger partial charge in [-0.1, -0.05) is 37.3 Å². The van der Waals surface area contributed by atoms with Crippen LogP contribution in [0.25, 0.3) is 0 Å². The summed E-state index contributed by atoms with van der Waals surface area (Å²) in [6, 6.07) is 13.2. The van der Waals surface area contributed by atoms with Crippen molar-refractivity contribution in [2.24, 2.45) is 0 Å². The van der Waals surface area contributed by atoms with Crippen LogP contribution in [0.1, 0.15) is 53.2 Å². The van der Waals surface area contributed by atoms with E-state index in [0.717, 1.165) is 17.5 Å². The van der Waals surface area contributed by atoms with Crippen LogP contribution in [0, 0.1) is 0 Å². The van der Waals surface area contributed by atoms with Crippen LogP contribution in [0.5, 0.6) is 5.75 Å². The lowest BCUT2D eigenvalue weighted by Gasteiger charge is -2.29. The molecule has 1 fully saturated rings. The summed E-state index contributed by atoms with van der Waals surface area (Å²) < 4.78 is 6.02. The molecule has 0 N–H and O–H groups in total. The van der Waals surface area contributed by atoms with Gasteiger partial charge in [0.25, 0.3) is 5.91 Å². The van der Waals surface area contributed by atoms with Crippen molar-refractivity contribution in [2.75, 3.05) is 0 Å². The standard InChI is InChI=1S/C23H23NO4/c1-2-15-6-8-16(9-7-15)14-28-22-5-3-4-18-19(22)13-24(23(18)27)20-11-10-17(25)12-21(20)26/h3-9,20H,2,10-14H2,1H3. The molecule has 2 aromatic carbocycles. The van der Waals surface area contributed by atoms with E-state index in [2.05, 4.69) is 31.2 Å². The first kappa shape index (κ1) is 18.4. The highest BCUT2D eigenvalue weighted by Gasteiger charge is 2.39. The second-order valence-electron chi connectivity index (χ2n) is 7.41. The Morgan fingerprint density at radius 3 is 2.50 bits per heavy atom. The Balaban J connectivity index is 1.50. The van der Waals surface area contributed by atoms with E-state index < -0.39 is 6.04 Å². The van der Waals surface area contributed by atoms with Gasteiger partial charge in [0, 0.05) is 17.5 Å². The molecule has 0 aromatic heterocycles. The predicted molar refractivity (Wildman–Crippen MR) is 104 cm³/mol. The summed E-state index contributed by atoms with van der Waals surface area (Å²) in [5, 5.41) is 0. The molecule has 144 valence electrons. The lowest BCUT2D eigenvalue weighted by molar-refractivity contribution is -0.133. The smallest absolute Gasteiger partial charge is 0.255 e. The molecule has 5 nitrogen and oxygen atoms in total. The highest BCUT2D eigenvalue weighted by Crippen LogP contribution is 2.34. The third-order valence-electron chi connectivity index (χ3n) is 5.59. The zero-order valence-corrected chi connectivity index (χ0v) is 15.9. The number of aryl methyl sites for hydroxylation is 1. The normalized spacial score (nSPS) is 19.1. The molecule has 0 saturated heterocycles. The Labute approximate surface area is 164 Å². The molecule has 1 aliphatic heterocycles. The van der Waals surface area contributed by atoms with Crippen molar-refractivity contribution in [2.45, 2.75) is 51.8 Å².